The summed E-state index contributed by atoms with van der Waals surface area (Å²) >= 11 is 0. The molecule has 1 aromatic carbocycles. The Labute approximate surface area is 94.4 Å². The first-order valence-electron chi connectivity index (χ1n) is 5.41. The first kappa shape index (κ1) is 9.28. The summed E-state index contributed by atoms with van der Waals surface area (Å²) < 4.78 is 4.16. The lowest BCUT2D eigenvalue weighted by Crippen LogP contribution is -2.26. The van der Waals surface area contributed by atoms with Gasteiger partial charge in [0.2, 0.25) is 0 Å². The second kappa shape index (κ2) is 3.27. The fraction of sp³-hybridized carbons (Fsp3) is 0.143. The zero-order valence-electron chi connectivity index (χ0n) is 9.51. The van der Waals surface area contributed by atoms with Crippen molar-refractivity contribution in [2.45, 2.75) is 0 Å². The molecule has 2 nitrogen and oxygen atoms in total. The maximum atomic E-state index is 2.18. The van der Waals surface area contributed by atoms with E-state index in [4.69, 9.17) is 0 Å². The zero-order chi connectivity index (χ0) is 11.1. The molecule has 0 saturated heterocycles. The Morgan fingerprint density at radius 1 is 0.688 bits per heavy atom. The molecule has 0 bridgehead atoms. The Balaban J connectivity index is 2.50. The smallest absolute Gasteiger partial charge is 0.176 e. The topological polar surface area (TPSA) is 7.76 Å². The molecule has 0 atom stereocenters. The number of benzene rings is 1. The minimum atomic E-state index is 1.28. The van der Waals surface area contributed by atoms with Crippen LogP contribution in [-0.4, -0.2) is 0 Å². The fourth-order valence-electron chi connectivity index (χ4n) is 2.18. The molecule has 0 aliphatic heterocycles. The molecule has 2 heteroatoms. The summed E-state index contributed by atoms with van der Waals surface area (Å²) in [5.41, 5.74) is 0. The van der Waals surface area contributed by atoms with E-state index in [0.717, 1.165) is 0 Å². The van der Waals surface area contributed by atoms with Crippen LogP contribution < -0.4 is 9.13 Å². The number of rotatable bonds is 0. The van der Waals surface area contributed by atoms with Crippen molar-refractivity contribution in [2.24, 2.45) is 14.1 Å². The summed E-state index contributed by atoms with van der Waals surface area (Å²) in [6.45, 7) is 0. The molecule has 0 radical (unpaired) electrons. The van der Waals surface area contributed by atoms with Gasteiger partial charge in [-0.2, -0.15) is 0 Å². The Morgan fingerprint density at radius 3 is 1.56 bits per heavy atom. The molecule has 3 aromatic rings. The molecule has 2 heterocycles. The summed E-state index contributed by atoms with van der Waals surface area (Å²) in [6.07, 6.45) is 8.49. The Bertz CT molecular complexity index is 626. The molecule has 0 saturated carbocycles. The monoisotopic (exact) mass is 210 g/mol. The van der Waals surface area contributed by atoms with Crippen molar-refractivity contribution in [1.29, 1.82) is 0 Å². The number of aryl methyl sites for hydroxylation is 2. The van der Waals surface area contributed by atoms with E-state index in [-0.39, 0.29) is 0 Å². The summed E-state index contributed by atoms with van der Waals surface area (Å²) in [5, 5.41) is 5.20. The highest BCUT2D eigenvalue weighted by atomic mass is 14.9. The van der Waals surface area contributed by atoms with Gasteiger partial charge in [0.1, 0.15) is 14.1 Å². The van der Waals surface area contributed by atoms with Crippen LogP contribution in [0.3, 0.4) is 0 Å². The van der Waals surface area contributed by atoms with Crippen LogP contribution in [0.1, 0.15) is 0 Å². The highest BCUT2D eigenvalue weighted by molar-refractivity contribution is 6.06. The summed E-state index contributed by atoms with van der Waals surface area (Å²) in [5.74, 6) is 0. The van der Waals surface area contributed by atoms with Gasteiger partial charge in [0.15, 0.2) is 24.8 Å². The van der Waals surface area contributed by atoms with Gasteiger partial charge in [-0.05, 0) is 12.1 Å². The Morgan fingerprint density at radius 2 is 1.12 bits per heavy atom. The van der Waals surface area contributed by atoms with Gasteiger partial charge < -0.3 is 0 Å². The van der Waals surface area contributed by atoms with Gasteiger partial charge in [-0.3, -0.25) is 0 Å². The predicted octanol–water partition coefficient (Wildman–Crippen LogP) is 1.64. The standard InChI is InChI=1S/C14H14N2/c1-15-7-5-13-11(9-15)3-4-12-10-16(2)8-6-14(12)13/h3-10H,1-2H3/q+2. The molecule has 0 fully saturated rings. The van der Waals surface area contributed by atoms with Gasteiger partial charge in [-0.15, -0.1) is 0 Å². The maximum absolute atomic E-state index is 2.18. The number of aromatic nitrogens is 2. The molecule has 16 heavy (non-hydrogen) atoms. The van der Waals surface area contributed by atoms with Crippen LogP contribution in [0.25, 0.3) is 21.5 Å². The van der Waals surface area contributed by atoms with Crippen LogP contribution in [0.5, 0.6) is 0 Å². The molecule has 0 spiro atoms. The molecule has 78 valence electrons. The van der Waals surface area contributed by atoms with Crippen molar-refractivity contribution < 1.29 is 9.13 Å². The highest BCUT2D eigenvalue weighted by Crippen LogP contribution is 2.22. The summed E-state index contributed by atoms with van der Waals surface area (Å²) in [4.78, 5) is 0. The minimum Gasteiger partial charge on any atom is -0.207 e. The third-order valence-corrected chi connectivity index (χ3v) is 2.99. The van der Waals surface area contributed by atoms with Crippen molar-refractivity contribution in [2.75, 3.05) is 0 Å². The van der Waals surface area contributed by atoms with Crippen LogP contribution in [-0.2, 0) is 14.1 Å². The number of hydrogen-bond acceptors (Lipinski definition) is 0. The van der Waals surface area contributed by atoms with E-state index in [1.807, 2.05) is 0 Å². The lowest BCUT2D eigenvalue weighted by atomic mass is 10.1. The second-order valence-corrected chi connectivity index (χ2v) is 4.29. The number of pyridine rings is 2. The van der Waals surface area contributed by atoms with Crippen molar-refractivity contribution in [3.8, 4) is 0 Å². The van der Waals surface area contributed by atoms with E-state index >= 15 is 0 Å². The zero-order valence-corrected chi connectivity index (χ0v) is 9.51. The quantitative estimate of drug-likeness (QED) is 0.394. The lowest BCUT2D eigenvalue weighted by Gasteiger charge is -2.00. The third kappa shape index (κ3) is 1.34. The highest BCUT2D eigenvalue weighted by Gasteiger charge is 2.05. The molecule has 0 aliphatic rings. The number of nitrogens with zero attached hydrogens (tertiary/aromatic N) is 2. The van der Waals surface area contributed by atoms with Gasteiger partial charge >= 0.3 is 0 Å². The third-order valence-electron chi connectivity index (χ3n) is 2.99. The molecule has 0 N–H and O–H groups in total. The van der Waals surface area contributed by atoms with Crippen LogP contribution in [0.4, 0.5) is 0 Å². The molecule has 0 unspecified atom stereocenters. The molecular formula is C14H14N2+2. The van der Waals surface area contributed by atoms with Crippen molar-refractivity contribution in [3.05, 3.63) is 49.1 Å². The van der Waals surface area contributed by atoms with E-state index in [1.165, 1.54) is 21.5 Å². The largest absolute Gasteiger partial charge is 0.207 e. The maximum Gasteiger partial charge on any atom is 0.176 e. The van der Waals surface area contributed by atoms with E-state index in [0.29, 0.717) is 0 Å². The minimum absolute atomic E-state index is 1.28. The van der Waals surface area contributed by atoms with Crippen LogP contribution in [0.15, 0.2) is 49.1 Å². The summed E-state index contributed by atoms with van der Waals surface area (Å²) in [7, 11) is 4.10. The molecule has 3 rings (SSSR count). The molecule has 0 aliphatic carbocycles. The van der Waals surface area contributed by atoms with Crippen molar-refractivity contribution in [1.82, 2.24) is 0 Å². The van der Waals surface area contributed by atoms with Gasteiger partial charge in [0.25, 0.3) is 0 Å². The number of hydrogen-bond donors (Lipinski definition) is 0. The normalized spacial score (nSPS) is 11.1. The average molecular weight is 210 g/mol. The molecule has 2 aromatic heterocycles. The predicted molar refractivity (Wildman–Crippen MR) is 63.8 cm³/mol. The molecular weight excluding hydrogens is 196 g/mol. The lowest BCUT2D eigenvalue weighted by molar-refractivity contribution is -0.670. The second-order valence-electron chi connectivity index (χ2n) is 4.29. The van der Waals surface area contributed by atoms with Crippen molar-refractivity contribution >= 4 is 21.5 Å². The summed E-state index contributed by atoms with van der Waals surface area (Å²) in [6, 6.07) is 8.71. The fourth-order valence-corrected chi connectivity index (χ4v) is 2.18. The molecule has 0 amide bonds. The van der Waals surface area contributed by atoms with Gasteiger partial charge in [-0.25, -0.2) is 9.13 Å². The van der Waals surface area contributed by atoms with E-state index < -0.39 is 0 Å². The van der Waals surface area contributed by atoms with Crippen LogP contribution in [0.2, 0.25) is 0 Å². The van der Waals surface area contributed by atoms with Crippen LogP contribution >= 0.6 is 0 Å². The first-order chi connectivity index (χ1) is 7.74. The van der Waals surface area contributed by atoms with Gasteiger partial charge in [-0.1, -0.05) is 0 Å². The Hall–Kier alpha value is -1.96. The number of fused-ring (bicyclic) bond motifs is 3. The SMILES string of the molecule is C[n+]1ccc2c(ccc3c[n+](C)ccc32)c1. The van der Waals surface area contributed by atoms with E-state index in [9.17, 15) is 0 Å². The Kier molecular flexibility index (Phi) is 1.90. The van der Waals surface area contributed by atoms with Crippen molar-refractivity contribution in [3.63, 3.8) is 0 Å². The average Bonchev–Trinajstić information content (AvgIpc) is 2.28. The van der Waals surface area contributed by atoms with Gasteiger partial charge in [0, 0.05) is 33.7 Å². The van der Waals surface area contributed by atoms with E-state index in [1.54, 1.807) is 0 Å². The van der Waals surface area contributed by atoms with E-state index in [2.05, 4.69) is 72.3 Å². The van der Waals surface area contributed by atoms with Crippen LogP contribution in [0, 0.1) is 0 Å². The van der Waals surface area contributed by atoms with Gasteiger partial charge in [0.05, 0.1) is 0 Å². The first-order valence-corrected chi connectivity index (χ1v) is 5.41.